The van der Waals surface area contributed by atoms with Crippen LogP contribution < -0.4 is 9.80 Å². The quantitative estimate of drug-likeness (QED) is 0.173. The van der Waals surface area contributed by atoms with Crippen LogP contribution in [0.1, 0.15) is 19.1 Å². The molecule has 2 aromatic rings. The molecule has 0 aliphatic carbocycles. The summed E-state index contributed by atoms with van der Waals surface area (Å²) >= 11 is 0. The average Bonchev–Trinajstić information content (AvgIpc) is 3.33. The fourth-order valence-electron chi connectivity index (χ4n) is 2.94. The third kappa shape index (κ3) is 7.15. The van der Waals surface area contributed by atoms with E-state index in [0.29, 0.717) is 5.76 Å². The summed E-state index contributed by atoms with van der Waals surface area (Å²) in [4.78, 5) is 57.7. The molecule has 0 N–H and O–H groups in total. The van der Waals surface area contributed by atoms with Gasteiger partial charge in [0, 0.05) is 6.54 Å². The Morgan fingerprint density at radius 2 is 1.68 bits per heavy atom. The molecule has 2 rings (SSSR count). The summed E-state index contributed by atoms with van der Waals surface area (Å²) in [7, 11) is 2.28. The first-order chi connectivity index (χ1) is 16.3. The average molecular weight is 479 g/mol. The Hall–Kier alpha value is -4.23. The molecule has 34 heavy (non-hydrogen) atoms. The van der Waals surface area contributed by atoms with Gasteiger partial charge < -0.3 is 28.4 Å². The monoisotopic (exact) mass is 479 g/mol. The van der Waals surface area contributed by atoms with Crippen LogP contribution in [0.3, 0.4) is 0 Å². The van der Waals surface area contributed by atoms with Crippen LogP contribution in [-0.2, 0) is 35.1 Å². The zero-order valence-electron chi connectivity index (χ0n) is 19.0. The van der Waals surface area contributed by atoms with Crippen molar-refractivity contribution in [3.8, 4) is 0 Å². The molecule has 0 fully saturated rings. The molecule has 0 saturated carbocycles. The second-order valence-corrected chi connectivity index (χ2v) is 6.69. The first-order valence-electron chi connectivity index (χ1n) is 10.1. The van der Waals surface area contributed by atoms with Crippen molar-refractivity contribution in [1.29, 1.82) is 0 Å². The number of nitro groups is 1. The lowest BCUT2D eigenvalue weighted by atomic mass is 10.3. The van der Waals surface area contributed by atoms with Crippen molar-refractivity contribution >= 4 is 35.2 Å². The van der Waals surface area contributed by atoms with Crippen molar-refractivity contribution in [2.75, 3.05) is 50.3 Å². The third-order valence-corrected chi connectivity index (χ3v) is 4.48. The predicted molar refractivity (Wildman–Crippen MR) is 116 cm³/mol. The Bertz CT molecular complexity index is 978. The van der Waals surface area contributed by atoms with Crippen LogP contribution >= 0.6 is 0 Å². The maximum Gasteiger partial charge on any atom is 0.353 e. The molecule has 0 radical (unpaired) electrons. The number of ether oxygens (including phenoxy) is 3. The Labute approximate surface area is 194 Å². The van der Waals surface area contributed by atoms with Crippen LogP contribution in [0.25, 0.3) is 0 Å². The number of furan rings is 1. The second kappa shape index (κ2) is 12.7. The highest BCUT2D eigenvalue weighted by molar-refractivity contribution is 5.84. The van der Waals surface area contributed by atoms with Gasteiger partial charge in [-0.25, -0.2) is 9.97 Å². The molecule has 0 bridgehead atoms. The van der Waals surface area contributed by atoms with Crippen LogP contribution in [0.5, 0.6) is 0 Å². The Kier molecular flexibility index (Phi) is 9.73. The van der Waals surface area contributed by atoms with Crippen molar-refractivity contribution in [3.63, 3.8) is 0 Å². The van der Waals surface area contributed by atoms with E-state index in [4.69, 9.17) is 9.15 Å². The topological polar surface area (TPSA) is 167 Å². The number of carbonyl (C=O) groups is 3. The molecular formula is C20H25N5O9. The fourth-order valence-corrected chi connectivity index (χ4v) is 2.94. The van der Waals surface area contributed by atoms with E-state index in [1.807, 2.05) is 0 Å². The normalized spacial score (nSPS) is 10.3. The molecule has 0 atom stereocenters. The molecule has 0 amide bonds. The number of carbonyl (C=O) groups excluding carboxylic acids is 3. The summed E-state index contributed by atoms with van der Waals surface area (Å²) in [6.07, 6.45) is 2.41. The minimum Gasteiger partial charge on any atom is -0.468 e. The molecule has 14 heteroatoms. The van der Waals surface area contributed by atoms with Crippen LogP contribution in [-0.4, -0.2) is 73.3 Å². The number of hydrogen-bond acceptors (Lipinski definition) is 13. The van der Waals surface area contributed by atoms with Gasteiger partial charge in [-0.3, -0.25) is 24.5 Å². The lowest BCUT2D eigenvalue weighted by Gasteiger charge is -2.25. The largest absolute Gasteiger partial charge is 0.468 e. The van der Waals surface area contributed by atoms with E-state index < -0.39 is 41.6 Å². The van der Waals surface area contributed by atoms with Crippen LogP contribution in [0, 0.1) is 10.1 Å². The minimum atomic E-state index is -0.756. The van der Waals surface area contributed by atoms with E-state index in [-0.39, 0.29) is 37.8 Å². The number of aromatic nitrogens is 2. The number of hydrogen-bond donors (Lipinski definition) is 0. The summed E-state index contributed by atoms with van der Waals surface area (Å²) in [5, 5.41) is 12.1. The molecule has 0 unspecified atom stereocenters. The number of nitrogens with zero attached hydrogens (tertiary/aromatic N) is 5. The van der Waals surface area contributed by atoms with Crippen molar-refractivity contribution in [2.45, 2.75) is 19.9 Å². The predicted octanol–water partition coefficient (Wildman–Crippen LogP) is 1.09. The summed E-state index contributed by atoms with van der Waals surface area (Å²) < 4.78 is 19.6. The molecular weight excluding hydrogens is 454 g/mol. The van der Waals surface area contributed by atoms with Gasteiger partial charge in [0.1, 0.15) is 25.2 Å². The first-order valence-corrected chi connectivity index (χ1v) is 10.1. The molecule has 0 aromatic carbocycles. The van der Waals surface area contributed by atoms with Crippen molar-refractivity contribution < 1.29 is 37.9 Å². The van der Waals surface area contributed by atoms with E-state index in [0.717, 1.165) is 25.4 Å². The summed E-state index contributed by atoms with van der Waals surface area (Å²) in [6, 6.07) is 3.30. The van der Waals surface area contributed by atoms with Crippen molar-refractivity contribution in [3.05, 3.63) is 40.6 Å². The third-order valence-electron chi connectivity index (χ3n) is 4.48. The zero-order chi connectivity index (χ0) is 25.1. The molecule has 14 nitrogen and oxygen atoms in total. The zero-order valence-corrected chi connectivity index (χ0v) is 19.0. The first kappa shape index (κ1) is 26.0. The van der Waals surface area contributed by atoms with E-state index in [2.05, 4.69) is 19.4 Å². The van der Waals surface area contributed by atoms with Gasteiger partial charge in [-0.1, -0.05) is 0 Å². The summed E-state index contributed by atoms with van der Waals surface area (Å²) in [5.74, 6) is -2.00. The van der Waals surface area contributed by atoms with Crippen LogP contribution in [0.4, 0.5) is 17.3 Å². The maximum absolute atomic E-state index is 12.1. The molecule has 0 spiro atoms. The van der Waals surface area contributed by atoms with E-state index >= 15 is 0 Å². The van der Waals surface area contributed by atoms with Gasteiger partial charge in [-0.05, 0) is 19.1 Å². The Morgan fingerprint density at radius 3 is 2.18 bits per heavy atom. The minimum absolute atomic E-state index is 0.00479. The SMILES string of the molecule is CCOC(=O)CCN(Cc1ccco1)c1ncnc(N(CC(=O)OC)CC(=O)OC)c1[N+](=O)[O-]. The lowest BCUT2D eigenvalue weighted by Crippen LogP contribution is -2.37. The standard InChI is InChI=1S/C20H25N5O9/c1-4-33-15(26)7-8-23(10-14-6-5-9-34-14)19-18(25(29)30)20(22-13-21-19)24(11-16(27)31-2)12-17(28)32-3/h5-6,9,13H,4,7-8,10-12H2,1-3H3. The maximum atomic E-state index is 12.1. The van der Waals surface area contributed by atoms with Gasteiger partial charge in [-0.15, -0.1) is 0 Å². The highest BCUT2D eigenvalue weighted by Gasteiger charge is 2.32. The number of esters is 3. The smallest absolute Gasteiger partial charge is 0.353 e. The van der Waals surface area contributed by atoms with Crippen molar-refractivity contribution in [2.24, 2.45) is 0 Å². The van der Waals surface area contributed by atoms with Gasteiger partial charge in [-0.2, -0.15) is 0 Å². The van der Waals surface area contributed by atoms with Gasteiger partial charge in [0.25, 0.3) is 0 Å². The molecule has 2 heterocycles. The van der Waals surface area contributed by atoms with E-state index in [9.17, 15) is 24.5 Å². The molecule has 0 saturated heterocycles. The van der Waals surface area contributed by atoms with Gasteiger partial charge in [0.15, 0.2) is 0 Å². The molecule has 2 aromatic heterocycles. The summed E-state index contributed by atoms with van der Waals surface area (Å²) in [6.45, 7) is 0.873. The molecule has 0 aliphatic heterocycles. The van der Waals surface area contributed by atoms with Gasteiger partial charge >= 0.3 is 23.6 Å². The van der Waals surface area contributed by atoms with Crippen LogP contribution in [0.15, 0.2) is 29.1 Å². The molecule has 184 valence electrons. The lowest BCUT2D eigenvalue weighted by molar-refractivity contribution is -0.383. The van der Waals surface area contributed by atoms with E-state index in [1.54, 1.807) is 19.1 Å². The van der Waals surface area contributed by atoms with Crippen molar-refractivity contribution in [1.82, 2.24) is 9.97 Å². The number of methoxy groups -OCH3 is 2. The number of anilines is 2. The van der Waals surface area contributed by atoms with Crippen LogP contribution in [0.2, 0.25) is 0 Å². The van der Waals surface area contributed by atoms with Gasteiger partial charge in [0.05, 0.1) is 45.0 Å². The van der Waals surface area contributed by atoms with Gasteiger partial charge in [0.2, 0.25) is 11.6 Å². The molecule has 0 aliphatic rings. The summed E-state index contributed by atoms with van der Waals surface area (Å²) in [5.41, 5.74) is -0.578. The van der Waals surface area contributed by atoms with E-state index in [1.165, 1.54) is 11.2 Å². The Morgan fingerprint density at radius 1 is 1.06 bits per heavy atom. The highest BCUT2D eigenvalue weighted by atomic mass is 16.6. The highest BCUT2D eigenvalue weighted by Crippen LogP contribution is 2.35. The Balaban J connectivity index is 2.53. The number of rotatable bonds is 13. The second-order valence-electron chi connectivity index (χ2n) is 6.69. The fraction of sp³-hybridized carbons (Fsp3) is 0.450.